The van der Waals surface area contributed by atoms with Crippen LogP contribution in [0.25, 0.3) is 16.7 Å². The minimum absolute atomic E-state index is 0.0612. The zero-order valence-electron chi connectivity index (χ0n) is 17.0. The number of carbonyl (C=O) groups excluding carboxylic acids is 1. The Hall–Kier alpha value is -3.20. The number of nitrogens with one attached hydrogen (secondary N) is 1. The van der Waals surface area contributed by atoms with E-state index in [0.29, 0.717) is 37.3 Å². The Balaban J connectivity index is 1.34. The van der Waals surface area contributed by atoms with Gasteiger partial charge in [-0.15, -0.1) is 5.10 Å². The molecule has 1 fully saturated rings. The lowest BCUT2D eigenvalue weighted by molar-refractivity contribution is 0.0688. The number of likely N-dealkylation sites (tertiary alicyclic amines) is 1. The van der Waals surface area contributed by atoms with E-state index in [9.17, 15) is 9.59 Å². The average Bonchev–Trinajstić information content (AvgIpc) is 3.32. The number of imidazole rings is 1. The van der Waals surface area contributed by atoms with Crippen molar-refractivity contribution in [3.8, 4) is 5.69 Å². The molecule has 8 nitrogen and oxygen atoms in total. The van der Waals surface area contributed by atoms with Gasteiger partial charge < -0.3 is 9.88 Å². The predicted molar refractivity (Wildman–Crippen MR) is 121 cm³/mol. The number of benzene rings is 2. The first kappa shape index (κ1) is 19.7. The molecule has 0 radical (unpaired) electrons. The molecule has 0 aliphatic carbocycles. The largest absolute Gasteiger partial charge is 0.337 e. The molecule has 1 saturated heterocycles. The number of H-pyrrole nitrogens is 1. The molecule has 0 unspecified atom stereocenters. The molecule has 0 saturated carbocycles. The van der Waals surface area contributed by atoms with E-state index in [0.717, 1.165) is 21.2 Å². The van der Waals surface area contributed by atoms with Crippen molar-refractivity contribution in [2.45, 2.75) is 25.8 Å². The monoisotopic (exact) mass is 480 g/mol. The van der Waals surface area contributed by atoms with Crippen molar-refractivity contribution in [1.82, 2.24) is 29.4 Å². The fourth-order valence-electron chi connectivity index (χ4n) is 4.29. The van der Waals surface area contributed by atoms with E-state index in [2.05, 4.69) is 31.2 Å². The van der Waals surface area contributed by atoms with E-state index < -0.39 is 0 Å². The summed E-state index contributed by atoms with van der Waals surface area (Å²) in [6, 6.07) is 15.5. The molecule has 0 spiro atoms. The number of para-hydroxylation sites is 2. The van der Waals surface area contributed by atoms with Crippen LogP contribution in [0, 0.1) is 6.92 Å². The fourth-order valence-corrected chi connectivity index (χ4v) is 4.68. The quantitative estimate of drug-likeness (QED) is 0.486. The van der Waals surface area contributed by atoms with Gasteiger partial charge >= 0.3 is 5.69 Å². The van der Waals surface area contributed by atoms with Gasteiger partial charge in [-0.3, -0.25) is 9.36 Å². The van der Waals surface area contributed by atoms with E-state index in [4.69, 9.17) is 0 Å². The highest BCUT2D eigenvalue weighted by molar-refractivity contribution is 9.10. The van der Waals surface area contributed by atoms with Crippen LogP contribution in [-0.4, -0.2) is 48.4 Å². The Labute approximate surface area is 186 Å². The van der Waals surface area contributed by atoms with Gasteiger partial charge in [0.25, 0.3) is 5.91 Å². The van der Waals surface area contributed by atoms with Crippen molar-refractivity contribution < 1.29 is 4.79 Å². The molecule has 1 aliphatic heterocycles. The summed E-state index contributed by atoms with van der Waals surface area (Å²) in [6.07, 6.45) is 1.43. The molecule has 31 heavy (non-hydrogen) atoms. The minimum atomic E-state index is -0.122. The summed E-state index contributed by atoms with van der Waals surface area (Å²) in [5.74, 6) is -0.122. The van der Waals surface area contributed by atoms with Crippen LogP contribution in [-0.2, 0) is 0 Å². The summed E-state index contributed by atoms with van der Waals surface area (Å²) in [4.78, 5) is 30.3. The van der Waals surface area contributed by atoms with E-state index >= 15 is 0 Å². The molecule has 4 aromatic rings. The van der Waals surface area contributed by atoms with Crippen molar-refractivity contribution in [1.29, 1.82) is 0 Å². The van der Waals surface area contributed by atoms with Gasteiger partial charge in [0.05, 0.1) is 22.4 Å². The van der Waals surface area contributed by atoms with Crippen LogP contribution in [0.3, 0.4) is 0 Å². The Morgan fingerprint density at radius 3 is 2.68 bits per heavy atom. The molecular weight excluding hydrogens is 460 g/mol. The zero-order valence-corrected chi connectivity index (χ0v) is 18.5. The number of hydrogen-bond donors (Lipinski definition) is 1. The van der Waals surface area contributed by atoms with Crippen LogP contribution in [0.1, 0.15) is 35.1 Å². The maximum Gasteiger partial charge on any atom is 0.326 e. The molecule has 2 aromatic heterocycles. The molecule has 9 heteroatoms. The number of rotatable bonds is 3. The van der Waals surface area contributed by atoms with Gasteiger partial charge in [0.2, 0.25) is 0 Å². The first-order chi connectivity index (χ1) is 15.0. The van der Waals surface area contributed by atoms with Gasteiger partial charge in [0, 0.05) is 23.6 Å². The molecule has 1 amide bonds. The highest BCUT2D eigenvalue weighted by Crippen LogP contribution is 2.26. The summed E-state index contributed by atoms with van der Waals surface area (Å²) in [5.41, 5.74) is 3.56. The summed E-state index contributed by atoms with van der Waals surface area (Å²) < 4.78 is 4.43. The van der Waals surface area contributed by atoms with Crippen molar-refractivity contribution in [2.24, 2.45) is 0 Å². The van der Waals surface area contributed by atoms with Crippen molar-refractivity contribution in [3.63, 3.8) is 0 Å². The average molecular weight is 481 g/mol. The Bertz CT molecular complexity index is 1330. The van der Waals surface area contributed by atoms with Crippen molar-refractivity contribution >= 4 is 32.9 Å². The van der Waals surface area contributed by atoms with Gasteiger partial charge in [-0.2, -0.15) is 0 Å². The SMILES string of the molecule is Cc1c(C(=O)N2CCC(n3c(=O)[nH]c4ccccc43)CC2)nnn1-c1cccc(Br)c1. The second-order valence-corrected chi connectivity index (χ2v) is 8.67. The zero-order chi connectivity index (χ0) is 21.5. The lowest BCUT2D eigenvalue weighted by Crippen LogP contribution is -2.40. The fraction of sp³-hybridized carbons (Fsp3) is 0.273. The standard InChI is InChI=1S/C22H21BrN6O2/c1-14-20(25-26-29(14)17-6-4-5-15(23)13-17)21(30)27-11-9-16(10-12-27)28-19-8-3-2-7-18(19)24-22(28)31/h2-8,13,16H,9-12H2,1H3,(H,24,31). The van der Waals surface area contributed by atoms with Gasteiger partial charge in [0.15, 0.2) is 5.69 Å². The minimum Gasteiger partial charge on any atom is -0.337 e. The summed E-state index contributed by atoms with van der Waals surface area (Å²) in [5, 5.41) is 8.36. The molecule has 1 aliphatic rings. The maximum atomic E-state index is 13.1. The van der Waals surface area contributed by atoms with Gasteiger partial charge in [-0.05, 0) is 50.1 Å². The number of aromatic nitrogens is 5. The molecule has 3 heterocycles. The van der Waals surface area contributed by atoms with E-state index in [1.54, 1.807) is 9.58 Å². The number of halogens is 1. The van der Waals surface area contributed by atoms with E-state index in [-0.39, 0.29) is 17.6 Å². The summed E-state index contributed by atoms with van der Waals surface area (Å²) in [7, 11) is 0. The number of piperidine rings is 1. The lowest BCUT2D eigenvalue weighted by atomic mass is 10.0. The number of nitrogens with zero attached hydrogens (tertiary/aromatic N) is 5. The van der Waals surface area contributed by atoms with Crippen LogP contribution in [0.15, 0.2) is 57.8 Å². The van der Waals surface area contributed by atoms with E-state index in [1.165, 1.54) is 0 Å². The van der Waals surface area contributed by atoms with Crippen LogP contribution < -0.4 is 5.69 Å². The summed E-state index contributed by atoms with van der Waals surface area (Å²) >= 11 is 3.46. The maximum absolute atomic E-state index is 13.1. The van der Waals surface area contributed by atoms with Crippen LogP contribution in [0.2, 0.25) is 0 Å². The van der Waals surface area contributed by atoms with Gasteiger partial charge in [0.1, 0.15) is 0 Å². The van der Waals surface area contributed by atoms with Gasteiger partial charge in [-0.1, -0.05) is 39.3 Å². The van der Waals surface area contributed by atoms with Crippen LogP contribution in [0.4, 0.5) is 0 Å². The first-order valence-corrected chi connectivity index (χ1v) is 11.0. The molecule has 1 N–H and O–H groups in total. The second kappa shape index (κ2) is 7.81. The predicted octanol–water partition coefficient (Wildman–Crippen LogP) is 3.46. The number of aromatic amines is 1. The van der Waals surface area contributed by atoms with Crippen molar-refractivity contribution in [3.05, 3.63) is 74.9 Å². The molecule has 5 rings (SSSR count). The van der Waals surface area contributed by atoms with Crippen LogP contribution >= 0.6 is 15.9 Å². The number of amides is 1. The smallest absolute Gasteiger partial charge is 0.326 e. The number of fused-ring (bicyclic) bond motifs is 1. The Kier molecular flexibility index (Phi) is 4.97. The number of carbonyl (C=O) groups is 1. The van der Waals surface area contributed by atoms with E-state index in [1.807, 2.05) is 60.0 Å². The van der Waals surface area contributed by atoms with Crippen molar-refractivity contribution in [2.75, 3.05) is 13.1 Å². The van der Waals surface area contributed by atoms with Gasteiger partial charge in [-0.25, -0.2) is 9.48 Å². The highest BCUT2D eigenvalue weighted by Gasteiger charge is 2.29. The molecule has 0 bridgehead atoms. The summed E-state index contributed by atoms with van der Waals surface area (Å²) in [6.45, 7) is 2.99. The molecule has 158 valence electrons. The van der Waals surface area contributed by atoms with Crippen LogP contribution in [0.5, 0.6) is 0 Å². The molecule has 0 atom stereocenters. The third-order valence-corrected chi connectivity index (χ3v) is 6.38. The normalized spacial score (nSPS) is 15.0. The first-order valence-electron chi connectivity index (χ1n) is 10.2. The molecular formula is C22H21BrN6O2. The third kappa shape index (κ3) is 3.48. The molecule has 2 aromatic carbocycles. The lowest BCUT2D eigenvalue weighted by Gasteiger charge is -2.32. The topological polar surface area (TPSA) is 88.8 Å². The number of hydrogen-bond acceptors (Lipinski definition) is 4. The Morgan fingerprint density at radius 1 is 1.13 bits per heavy atom. The highest BCUT2D eigenvalue weighted by atomic mass is 79.9. The second-order valence-electron chi connectivity index (χ2n) is 7.76. The Morgan fingerprint density at radius 2 is 1.90 bits per heavy atom. The third-order valence-electron chi connectivity index (χ3n) is 5.89.